The largest absolute Gasteiger partial charge is 0.870 e. The molecule has 0 spiro atoms. The van der Waals surface area contributed by atoms with Crippen molar-refractivity contribution in [3.63, 3.8) is 0 Å². The van der Waals surface area contributed by atoms with E-state index >= 15 is 0 Å². The van der Waals surface area contributed by atoms with Gasteiger partial charge in [-0.15, -0.1) is 0 Å². The summed E-state index contributed by atoms with van der Waals surface area (Å²) in [5.74, 6) is 0. The van der Waals surface area contributed by atoms with Crippen LogP contribution in [0.25, 0.3) is 0 Å². The van der Waals surface area contributed by atoms with Crippen LogP contribution in [0.3, 0.4) is 0 Å². The van der Waals surface area contributed by atoms with E-state index < -0.39 is 0 Å². The highest BCUT2D eigenvalue weighted by atomic mass is 16.0. The van der Waals surface area contributed by atoms with Crippen LogP contribution in [-0.2, 0) is 6.54 Å². The van der Waals surface area contributed by atoms with Gasteiger partial charge in [-0.25, -0.2) is 0 Å². The van der Waals surface area contributed by atoms with Crippen LogP contribution in [0.1, 0.15) is 39.2 Å². The number of allylic oxidation sites excluding steroid dienone is 1. The molecular weight excluding hydrogens is 222 g/mol. The molecule has 0 bridgehead atoms. The lowest BCUT2D eigenvalue weighted by Gasteiger charge is -2.34. The standard InChI is InChI=1S/C16H26N.H2O/c1-4-12-17(13-5-2,14-6-3)15-16-10-8-7-9-11-16;/h4,7-12H,5-6,13-15H2,1-3H3;1H2/q+1;/p-1. The Labute approximate surface area is 112 Å². The molecule has 0 fully saturated rings. The van der Waals surface area contributed by atoms with Gasteiger partial charge in [0.1, 0.15) is 6.54 Å². The first kappa shape index (κ1) is 16.9. The van der Waals surface area contributed by atoms with Gasteiger partial charge in [0.2, 0.25) is 0 Å². The summed E-state index contributed by atoms with van der Waals surface area (Å²) in [7, 11) is 0. The van der Waals surface area contributed by atoms with Gasteiger partial charge in [-0.3, -0.25) is 4.48 Å². The van der Waals surface area contributed by atoms with Crippen LogP contribution in [0.4, 0.5) is 0 Å². The lowest BCUT2D eigenvalue weighted by Crippen LogP contribution is -2.43. The molecule has 0 saturated heterocycles. The van der Waals surface area contributed by atoms with Crippen LogP contribution in [-0.4, -0.2) is 23.0 Å². The number of nitrogens with zero attached hydrogens (tertiary/aromatic N) is 1. The van der Waals surface area contributed by atoms with E-state index in [0.29, 0.717) is 0 Å². The maximum Gasteiger partial charge on any atom is 0.109 e. The van der Waals surface area contributed by atoms with E-state index in [2.05, 4.69) is 63.4 Å². The highest BCUT2D eigenvalue weighted by molar-refractivity contribution is 5.13. The summed E-state index contributed by atoms with van der Waals surface area (Å²) in [4.78, 5) is 0. The van der Waals surface area contributed by atoms with Crippen LogP contribution < -0.4 is 0 Å². The third kappa shape index (κ3) is 5.03. The highest BCUT2D eigenvalue weighted by Gasteiger charge is 2.22. The molecule has 1 N–H and O–H groups in total. The summed E-state index contributed by atoms with van der Waals surface area (Å²) in [5.41, 5.74) is 1.44. The third-order valence-corrected chi connectivity index (χ3v) is 3.14. The maximum atomic E-state index is 2.38. The second-order valence-corrected chi connectivity index (χ2v) is 4.79. The van der Waals surface area contributed by atoms with Gasteiger partial charge in [-0.05, 0) is 25.8 Å². The Morgan fingerprint density at radius 2 is 1.56 bits per heavy atom. The second-order valence-electron chi connectivity index (χ2n) is 4.79. The number of quaternary nitrogens is 1. The van der Waals surface area contributed by atoms with Gasteiger partial charge in [-0.1, -0.05) is 44.2 Å². The van der Waals surface area contributed by atoms with Crippen molar-refractivity contribution in [1.82, 2.24) is 0 Å². The van der Waals surface area contributed by atoms with Crippen molar-refractivity contribution in [2.75, 3.05) is 13.1 Å². The summed E-state index contributed by atoms with van der Waals surface area (Å²) < 4.78 is 1.09. The Balaban J connectivity index is 0.00000289. The van der Waals surface area contributed by atoms with Crippen molar-refractivity contribution in [2.45, 2.75) is 40.2 Å². The zero-order valence-electron chi connectivity index (χ0n) is 12.0. The normalized spacial score (nSPS) is 11.5. The molecule has 0 radical (unpaired) electrons. The van der Waals surface area contributed by atoms with E-state index in [1.54, 1.807) is 0 Å². The third-order valence-electron chi connectivity index (χ3n) is 3.14. The molecule has 18 heavy (non-hydrogen) atoms. The van der Waals surface area contributed by atoms with E-state index in [-0.39, 0.29) is 5.48 Å². The minimum atomic E-state index is 0. The first-order chi connectivity index (χ1) is 8.26. The molecule has 0 unspecified atom stereocenters. The van der Waals surface area contributed by atoms with Gasteiger partial charge in [0.05, 0.1) is 19.3 Å². The Morgan fingerprint density at radius 1 is 1.00 bits per heavy atom. The predicted molar refractivity (Wildman–Crippen MR) is 77.5 cm³/mol. The monoisotopic (exact) mass is 249 g/mol. The fourth-order valence-corrected chi connectivity index (χ4v) is 2.63. The lowest BCUT2D eigenvalue weighted by atomic mass is 10.1. The van der Waals surface area contributed by atoms with Crippen molar-refractivity contribution < 1.29 is 9.96 Å². The SMILES string of the molecule is CC=C[N+](CCC)(CCC)Cc1ccccc1.[OH-]. The van der Waals surface area contributed by atoms with Gasteiger partial charge in [0, 0.05) is 5.56 Å². The molecule has 0 atom stereocenters. The van der Waals surface area contributed by atoms with E-state index in [0.717, 1.165) is 11.0 Å². The van der Waals surface area contributed by atoms with E-state index in [9.17, 15) is 0 Å². The van der Waals surface area contributed by atoms with Gasteiger partial charge in [-0.2, -0.15) is 0 Å². The van der Waals surface area contributed by atoms with Crippen LogP contribution in [0, 0.1) is 0 Å². The van der Waals surface area contributed by atoms with Crippen LogP contribution >= 0.6 is 0 Å². The molecule has 0 amide bonds. The van der Waals surface area contributed by atoms with Crippen LogP contribution in [0.2, 0.25) is 0 Å². The number of benzene rings is 1. The average molecular weight is 249 g/mol. The summed E-state index contributed by atoms with van der Waals surface area (Å²) in [6.07, 6.45) is 7.04. The van der Waals surface area contributed by atoms with Gasteiger partial charge < -0.3 is 5.48 Å². The maximum absolute atomic E-state index is 2.38. The molecule has 0 aliphatic rings. The molecule has 0 aliphatic carbocycles. The Kier molecular flexibility index (Phi) is 8.34. The summed E-state index contributed by atoms with van der Waals surface area (Å²) in [5, 5.41) is 0. The van der Waals surface area contributed by atoms with E-state index in [1.807, 2.05) is 0 Å². The minimum absolute atomic E-state index is 0. The highest BCUT2D eigenvalue weighted by Crippen LogP contribution is 2.18. The quantitative estimate of drug-likeness (QED) is 0.667. The van der Waals surface area contributed by atoms with Gasteiger partial charge in [0.25, 0.3) is 0 Å². The molecule has 0 aliphatic heterocycles. The fraction of sp³-hybridized carbons (Fsp3) is 0.500. The number of hydrogen-bond donors (Lipinski definition) is 0. The van der Waals surface area contributed by atoms with Gasteiger partial charge >= 0.3 is 0 Å². The van der Waals surface area contributed by atoms with Crippen LogP contribution in [0.15, 0.2) is 42.6 Å². The van der Waals surface area contributed by atoms with Crippen molar-refractivity contribution in [3.05, 3.63) is 48.2 Å². The van der Waals surface area contributed by atoms with Gasteiger partial charge in [0.15, 0.2) is 0 Å². The molecule has 1 aromatic carbocycles. The Hall–Kier alpha value is -1.12. The van der Waals surface area contributed by atoms with Crippen molar-refractivity contribution in [2.24, 2.45) is 0 Å². The Morgan fingerprint density at radius 3 is 2.00 bits per heavy atom. The number of rotatable bonds is 7. The molecule has 0 heterocycles. The Bertz CT molecular complexity index is 326. The molecule has 0 saturated carbocycles. The smallest absolute Gasteiger partial charge is 0.109 e. The van der Waals surface area contributed by atoms with E-state index in [1.165, 1.54) is 31.5 Å². The van der Waals surface area contributed by atoms with Crippen LogP contribution in [0.5, 0.6) is 0 Å². The molecular formula is C16H27NO. The lowest BCUT2D eigenvalue weighted by molar-refractivity contribution is -0.893. The van der Waals surface area contributed by atoms with Crippen molar-refractivity contribution >= 4 is 0 Å². The van der Waals surface area contributed by atoms with E-state index in [4.69, 9.17) is 0 Å². The predicted octanol–water partition coefficient (Wildman–Crippen LogP) is 4.18. The summed E-state index contributed by atoms with van der Waals surface area (Å²) >= 11 is 0. The van der Waals surface area contributed by atoms with Crippen molar-refractivity contribution in [3.8, 4) is 0 Å². The summed E-state index contributed by atoms with van der Waals surface area (Å²) in [6, 6.07) is 10.8. The summed E-state index contributed by atoms with van der Waals surface area (Å²) in [6.45, 7) is 10.3. The minimum Gasteiger partial charge on any atom is -0.870 e. The molecule has 102 valence electrons. The molecule has 2 heteroatoms. The second kappa shape index (κ2) is 8.90. The average Bonchev–Trinajstić information content (AvgIpc) is 2.31. The number of hydrogen-bond acceptors (Lipinski definition) is 1. The topological polar surface area (TPSA) is 30.0 Å². The molecule has 1 rings (SSSR count). The molecule has 1 aromatic rings. The first-order valence-corrected chi connectivity index (χ1v) is 6.80. The molecule has 0 aromatic heterocycles. The zero-order valence-corrected chi connectivity index (χ0v) is 12.0. The molecule has 2 nitrogen and oxygen atoms in total. The van der Waals surface area contributed by atoms with Crippen molar-refractivity contribution in [1.29, 1.82) is 0 Å². The fourth-order valence-electron chi connectivity index (χ4n) is 2.63. The zero-order chi connectivity index (χ0) is 12.6. The first-order valence-electron chi connectivity index (χ1n) is 6.80.